The van der Waals surface area contributed by atoms with Gasteiger partial charge in [0.15, 0.2) is 5.82 Å². The van der Waals surface area contributed by atoms with Crippen LogP contribution in [0.3, 0.4) is 0 Å². The Bertz CT molecular complexity index is 1060. The van der Waals surface area contributed by atoms with Crippen molar-refractivity contribution < 1.29 is 4.79 Å². The number of ketones is 1. The van der Waals surface area contributed by atoms with E-state index < -0.39 is 0 Å². The quantitative estimate of drug-likeness (QED) is 0.489. The van der Waals surface area contributed by atoms with Crippen LogP contribution in [0.4, 0.5) is 5.82 Å². The summed E-state index contributed by atoms with van der Waals surface area (Å²) in [6.45, 7) is 17.4. The second kappa shape index (κ2) is 7.03. The first-order valence-corrected chi connectivity index (χ1v) is 11.6. The highest BCUT2D eigenvalue weighted by atomic mass is 35.5. The predicted molar refractivity (Wildman–Crippen MR) is 128 cm³/mol. The van der Waals surface area contributed by atoms with Crippen LogP contribution >= 0.6 is 11.6 Å². The average Bonchev–Trinajstić information content (AvgIpc) is 2.99. The van der Waals surface area contributed by atoms with Crippen LogP contribution in [0.2, 0.25) is 5.02 Å². The Morgan fingerprint density at radius 1 is 1.00 bits per heavy atom. The Morgan fingerprint density at radius 2 is 1.61 bits per heavy atom. The van der Waals surface area contributed by atoms with Crippen LogP contribution in [0.1, 0.15) is 91.0 Å². The molecule has 5 heteroatoms. The molecule has 0 N–H and O–H groups in total. The molecule has 2 atom stereocenters. The number of hydrogen-bond acceptors (Lipinski definition) is 3. The van der Waals surface area contributed by atoms with E-state index in [2.05, 4.69) is 72.2 Å². The van der Waals surface area contributed by atoms with Crippen molar-refractivity contribution >= 4 is 28.9 Å². The van der Waals surface area contributed by atoms with Gasteiger partial charge in [-0.3, -0.25) is 4.79 Å². The van der Waals surface area contributed by atoms with Gasteiger partial charge >= 0.3 is 0 Å². The topological polar surface area (TPSA) is 47.2 Å². The van der Waals surface area contributed by atoms with Gasteiger partial charge in [0.05, 0.1) is 17.2 Å². The molecule has 0 saturated heterocycles. The van der Waals surface area contributed by atoms with Crippen LogP contribution in [-0.4, -0.2) is 21.3 Å². The number of nitrogens with zero attached hydrogens (tertiary/aromatic N) is 3. The van der Waals surface area contributed by atoms with Gasteiger partial charge in [-0.2, -0.15) is 5.10 Å². The van der Waals surface area contributed by atoms with E-state index in [1.807, 2.05) is 12.1 Å². The zero-order valence-electron chi connectivity index (χ0n) is 20.0. The second-order valence-corrected chi connectivity index (χ2v) is 12.4. The zero-order valence-corrected chi connectivity index (χ0v) is 20.8. The molecule has 0 spiro atoms. The Morgan fingerprint density at radius 3 is 2.16 bits per heavy atom. The lowest BCUT2D eigenvalue weighted by molar-refractivity contribution is -0.124. The standard InChI is InChI=1S/C26H34ClN3O/c1-24(2,3)22-21-19(15-9-11-16(27)12-10-15)20-17(13-26(7,8)14-18(20)31)28-23(21)30(29-22)25(4,5)6/h9-12,19-20H,13-14H2,1-8H3. The highest BCUT2D eigenvalue weighted by Gasteiger charge is 2.49. The molecule has 1 aromatic carbocycles. The fourth-order valence-corrected chi connectivity index (χ4v) is 5.21. The summed E-state index contributed by atoms with van der Waals surface area (Å²) in [5.74, 6) is 0.868. The number of hydrogen-bond donors (Lipinski definition) is 0. The molecule has 166 valence electrons. The lowest BCUT2D eigenvalue weighted by Crippen LogP contribution is -2.43. The van der Waals surface area contributed by atoms with Crippen LogP contribution in [-0.2, 0) is 15.7 Å². The second-order valence-electron chi connectivity index (χ2n) is 12.0. The lowest BCUT2D eigenvalue weighted by Gasteiger charge is -2.41. The van der Waals surface area contributed by atoms with Gasteiger partial charge in [-0.15, -0.1) is 0 Å². The molecule has 2 unspecified atom stereocenters. The van der Waals surface area contributed by atoms with Crippen LogP contribution in [0.25, 0.3) is 0 Å². The molecular formula is C26H34ClN3O. The van der Waals surface area contributed by atoms with Crippen LogP contribution < -0.4 is 0 Å². The predicted octanol–water partition coefficient (Wildman–Crippen LogP) is 6.81. The molecule has 1 saturated carbocycles. The van der Waals surface area contributed by atoms with E-state index in [1.165, 1.54) is 0 Å². The molecule has 2 aliphatic rings. The summed E-state index contributed by atoms with van der Waals surface area (Å²) < 4.78 is 2.07. The van der Waals surface area contributed by atoms with Crippen molar-refractivity contribution in [3.8, 4) is 0 Å². The van der Waals surface area contributed by atoms with Gasteiger partial charge in [0, 0.05) is 34.1 Å². The van der Waals surface area contributed by atoms with Crippen LogP contribution in [0.15, 0.2) is 29.3 Å². The smallest absolute Gasteiger partial charge is 0.155 e. The molecule has 1 aliphatic heterocycles. The largest absolute Gasteiger partial charge is 0.299 e. The summed E-state index contributed by atoms with van der Waals surface area (Å²) in [7, 11) is 0. The van der Waals surface area contributed by atoms with Crippen molar-refractivity contribution in [3.63, 3.8) is 0 Å². The van der Waals surface area contributed by atoms with Crippen molar-refractivity contribution in [2.45, 2.75) is 85.1 Å². The third-order valence-corrected chi connectivity index (χ3v) is 6.64. The molecule has 2 aromatic rings. The van der Waals surface area contributed by atoms with Gasteiger partial charge in [0.2, 0.25) is 0 Å². The van der Waals surface area contributed by atoms with Crippen molar-refractivity contribution in [2.24, 2.45) is 16.3 Å². The summed E-state index contributed by atoms with van der Waals surface area (Å²) >= 11 is 6.21. The van der Waals surface area contributed by atoms with Gasteiger partial charge in [0.25, 0.3) is 0 Å². The van der Waals surface area contributed by atoms with Crippen LogP contribution in [0.5, 0.6) is 0 Å². The summed E-state index contributed by atoms with van der Waals surface area (Å²) in [5.41, 5.74) is 3.77. The summed E-state index contributed by atoms with van der Waals surface area (Å²) in [6.07, 6.45) is 1.40. The van der Waals surface area contributed by atoms with E-state index in [4.69, 9.17) is 21.7 Å². The van der Waals surface area contributed by atoms with Gasteiger partial charge in [0.1, 0.15) is 5.78 Å². The highest BCUT2D eigenvalue weighted by Crippen LogP contribution is 2.52. The number of carbonyl (C=O) groups is 1. The van der Waals surface area contributed by atoms with E-state index in [1.54, 1.807) is 0 Å². The van der Waals surface area contributed by atoms with Crippen molar-refractivity contribution in [3.05, 3.63) is 46.1 Å². The minimum atomic E-state index is -0.236. The number of aromatic nitrogens is 2. The monoisotopic (exact) mass is 439 g/mol. The van der Waals surface area contributed by atoms with E-state index in [0.29, 0.717) is 11.4 Å². The highest BCUT2D eigenvalue weighted by molar-refractivity contribution is 6.30. The maximum absolute atomic E-state index is 13.5. The van der Waals surface area contributed by atoms with Gasteiger partial charge in [-0.05, 0) is 50.3 Å². The van der Waals surface area contributed by atoms with Gasteiger partial charge < -0.3 is 0 Å². The van der Waals surface area contributed by atoms with Crippen molar-refractivity contribution in [1.82, 2.24) is 9.78 Å². The molecule has 0 bridgehead atoms. The number of fused-ring (bicyclic) bond motifs is 2. The molecule has 2 heterocycles. The van der Waals surface area contributed by atoms with Gasteiger partial charge in [-0.1, -0.05) is 58.4 Å². The molecular weight excluding hydrogens is 406 g/mol. The summed E-state index contributed by atoms with van der Waals surface area (Å²) in [5, 5.41) is 5.82. The van der Waals surface area contributed by atoms with E-state index >= 15 is 0 Å². The molecule has 1 fully saturated rings. The fourth-order valence-electron chi connectivity index (χ4n) is 5.09. The lowest BCUT2D eigenvalue weighted by atomic mass is 9.63. The van der Waals surface area contributed by atoms with E-state index in [0.717, 1.165) is 34.8 Å². The Balaban J connectivity index is 2.06. The number of halogens is 1. The Kier molecular flexibility index (Phi) is 5.05. The minimum absolute atomic E-state index is 0.0755. The third kappa shape index (κ3) is 3.88. The van der Waals surface area contributed by atoms with Gasteiger partial charge in [-0.25, -0.2) is 9.67 Å². The minimum Gasteiger partial charge on any atom is -0.299 e. The molecule has 1 aromatic heterocycles. The first-order chi connectivity index (χ1) is 14.2. The molecule has 4 nitrogen and oxygen atoms in total. The molecule has 1 aliphatic carbocycles. The third-order valence-electron chi connectivity index (χ3n) is 6.38. The Hall–Kier alpha value is -1.94. The SMILES string of the molecule is CC1(C)CC(=O)C2C(=Nc3c(c(C(C)(C)C)nn3C(C)(C)C)C2c2ccc(Cl)cc2)C1. The number of Topliss-reactive ketones (excluding diaryl/α,β-unsaturated/α-hetero) is 1. The number of benzene rings is 1. The first kappa shape index (κ1) is 22.3. The molecule has 31 heavy (non-hydrogen) atoms. The maximum atomic E-state index is 13.5. The first-order valence-electron chi connectivity index (χ1n) is 11.2. The van der Waals surface area contributed by atoms with E-state index in [9.17, 15) is 4.79 Å². The van der Waals surface area contributed by atoms with Crippen LogP contribution in [0, 0.1) is 11.3 Å². The van der Waals surface area contributed by atoms with Crippen molar-refractivity contribution in [1.29, 1.82) is 0 Å². The molecule has 0 amide bonds. The fraction of sp³-hybridized carbons (Fsp3) is 0.577. The molecule has 4 rings (SSSR count). The molecule has 0 radical (unpaired) electrons. The summed E-state index contributed by atoms with van der Waals surface area (Å²) in [4.78, 5) is 18.7. The Labute approximate surface area is 191 Å². The average molecular weight is 440 g/mol. The van der Waals surface area contributed by atoms with E-state index in [-0.39, 0.29) is 34.0 Å². The maximum Gasteiger partial charge on any atom is 0.155 e. The van der Waals surface area contributed by atoms with Crippen molar-refractivity contribution in [2.75, 3.05) is 0 Å². The number of carbonyl (C=O) groups excluding carboxylic acids is 1. The normalized spacial score (nSPS) is 23.3. The zero-order chi connectivity index (χ0) is 22.9. The number of aliphatic imine (C=N–C) groups is 1. The number of rotatable bonds is 1. The summed E-state index contributed by atoms with van der Waals surface area (Å²) in [6, 6.07) is 7.97.